The Balaban J connectivity index is 1.50. The van der Waals surface area contributed by atoms with Crippen LogP contribution in [0.1, 0.15) is 10.4 Å². The van der Waals surface area contributed by atoms with Crippen molar-refractivity contribution in [1.29, 1.82) is 0 Å². The lowest BCUT2D eigenvalue weighted by Crippen LogP contribution is -2.37. The molecule has 3 N–H and O–H groups in total. The zero-order valence-electron chi connectivity index (χ0n) is 16.9. The van der Waals surface area contributed by atoms with Gasteiger partial charge in [-0.3, -0.25) is 20.2 Å². The Morgan fingerprint density at radius 1 is 1.12 bits per heavy atom. The summed E-state index contributed by atoms with van der Waals surface area (Å²) >= 11 is 5.27. The summed E-state index contributed by atoms with van der Waals surface area (Å²) in [6.45, 7) is 2.08. The zero-order chi connectivity index (χ0) is 22.7. The number of thiocarbonyl (C=S) groups is 1. The van der Waals surface area contributed by atoms with Crippen LogP contribution in [-0.4, -0.2) is 47.4 Å². The van der Waals surface area contributed by atoms with E-state index in [0.717, 1.165) is 10.8 Å². The molecular weight excluding hydrogens is 432 g/mol. The second-order valence-electron chi connectivity index (χ2n) is 7.18. The number of nitro benzene ring substituents is 1. The summed E-state index contributed by atoms with van der Waals surface area (Å²) in [5.41, 5.74) is 1.09. The molecule has 32 heavy (non-hydrogen) atoms. The number of ether oxygens (including phenoxy) is 1. The van der Waals surface area contributed by atoms with Crippen LogP contribution in [-0.2, 0) is 4.74 Å². The third-order valence-electron chi connectivity index (χ3n) is 5.13. The van der Waals surface area contributed by atoms with Gasteiger partial charge in [0.25, 0.3) is 11.6 Å². The van der Waals surface area contributed by atoms with Gasteiger partial charge in [0.05, 0.1) is 18.1 Å². The number of benzene rings is 3. The molecule has 1 saturated heterocycles. The van der Waals surface area contributed by atoms with E-state index in [4.69, 9.17) is 17.0 Å². The van der Waals surface area contributed by atoms with Crippen molar-refractivity contribution in [1.82, 2.24) is 5.32 Å². The van der Waals surface area contributed by atoms with Crippen molar-refractivity contribution in [2.24, 2.45) is 0 Å². The summed E-state index contributed by atoms with van der Waals surface area (Å²) in [5, 5.41) is 28.5. The number of hydrogen-bond donors (Lipinski definition) is 3. The molecule has 0 aliphatic carbocycles. The van der Waals surface area contributed by atoms with Gasteiger partial charge in [-0.1, -0.05) is 12.1 Å². The maximum absolute atomic E-state index is 12.7. The number of carbonyl (C=O) groups is 1. The Kier molecular flexibility index (Phi) is 6.15. The van der Waals surface area contributed by atoms with E-state index in [-0.39, 0.29) is 22.1 Å². The maximum Gasteiger partial charge on any atom is 0.293 e. The zero-order valence-corrected chi connectivity index (χ0v) is 17.7. The van der Waals surface area contributed by atoms with Gasteiger partial charge in [0.15, 0.2) is 5.11 Å². The number of nitrogens with zero attached hydrogens (tertiary/aromatic N) is 2. The Labute approximate surface area is 188 Å². The van der Waals surface area contributed by atoms with Crippen molar-refractivity contribution >= 4 is 51.1 Å². The number of hydrogen-bond acceptors (Lipinski definition) is 7. The van der Waals surface area contributed by atoms with Gasteiger partial charge in [-0.2, -0.15) is 0 Å². The lowest BCUT2D eigenvalue weighted by molar-refractivity contribution is -0.384. The number of phenolic OH excluding ortho intramolecular Hbond substituents is 1. The molecule has 164 valence electrons. The third-order valence-corrected chi connectivity index (χ3v) is 5.33. The lowest BCUT2D eigenvalue weighted by atomic mass is 10.1. The van der Waals surface area contributed by atoms with E-state index in [0.29, 0.717) is 37.7 Å². The van der Waals surface area contributed by atoms with Crippen molar-refractivity contribution in [2.45, 2.75) is 0 Å². The number of nitrogens with one attached hydrogen (secondary N) is 2. The average Bonchev–Trinajstić information content (AvgIpc) is 2.79. The number of nitro groups is 1. The molecule has 0 atom stereocenters. The van der Waals surface area contributed by atoms with E-state index in [9.17, 15) is 20.0 Å². The fourth-order valence-electron chi connectivity index (χ4n) is 3.59. The molecule has 10 heteroatoms. The van der Waals surface area contributed by atoms with Gasteiger partial charge in [0.2, 0.25) is 0 Å². The summed E-state index contributed by atoms with van der Waals surface area (Å²) in [5.74, 6) is -0.412. The van der Waals surface area contributed by atoms with Gasteiger partial charge in [-0.25, -0.2) is 0 Å². The first-order valence-electron chi connectivity index (χ1n) is 9.87. The minimum absolute atomic E-state index is 0.0514. The van der Waals surface area contributed by atoms with Crippen molar-refractivity contribution in [3.8, 4) is 5.75 Å². The van der Waals surface area contributed by atoms with Crippen molar-refractivity contribution in [3.05, 3.63) is 70.3 Å². The van der Waals surface area contributed by atoms with Crippen LogP contribution in [0, 0.1) is 10.1 Å². The molecule has 1 aliphatic rings. The first kappa shape index (κ1) is 21.5. The van der Waals surface area contributed by atoms with E-state index in [1.807, 2.05) is 11.0 Å². The molecule has 1 aliphatic heterocycles. The first-order chi connectivity index (χ1) is 15.4. The molecule has 1 heterocycles. The molecule has 0 saturated carbocycles. The number of aromatic hydroxyl groups is 1. The molecule has 0 spiro atoms. The minimum atomic E-state index is -0.558. The molecule has 3 aromatic rings. The fraction of sp³-hybridized carbons (Fsp3) is 0.182. The van der Waals surface area contributed by atoms with Gasteiger partial charge in [-0.05, 0) is 54.0 Å². The summed E-state index contributed by atoms with van der Waals surface area (Å²) in [6.07, 6.45) is 0. The van der Waals surface area contributed by atoms with E-state index in [2.05, 4.69) is 10.6 Å². The number of morpholine rings is 1. The molecule has 0 radical (unpaired) electrons. The second kappa shape index (κ2) is 9.16. The van der Waals surface area contributed by atoms with Crippen LogP contribution >= 0.6 is 12.2 Å². The smallest absolute Gasteiger partial charge is 0.293 e. The highest BCUT2D eigenvalue weighted by molar-refractivity contribution is 7.80. The molecule has 9 nitrogen and oxygen atoms in total. The number of carbonyl (C=O) groups excluding carboxylic acids is 1. The van der Waals surface area contributed by atoms with Crippen molar-refractivity contribution in [2.75, 3.05) is 36.5 Å². The summed E-state index contributed by atoms with van der Waals surface area (Å²) in [4.78, 5) is 25.7. The van der Waals surface area contributed by atoms with E-state index < -0.39 is 10.8 Å². The van der Waals surface area contributed by atoms with Crippen molar-refractivity contribution < 1.29 is 19.6 Å². The molecule has 0 aromatic heterocycles. The fourth-order valence-corrected chi connectivity index (χ4v) is 3.79. The SMILES string of the molecule is O=C(NC(=S)Nc1cccc2cc(O)ccc12)c1ccc(N2CCOCC2)c([N+](=O)[O-])c1. The van der Waals surface area contributed by atoms with Gasteiger partial charge in [0, 0.05) is 35.8 Å². The number of anilines is 2. The molecular formula is C22H20N4O5S. The van der Waals surface area contributed by atoms with Gasteiger partial charge in [-0.15, -0.1) is 0 Å². The Morgan fingerprint density at radius 2 is 1.91 bits per heavy atom. The van der Waals surface area contributed by atoms with Crippen LogP contribution in [0.25, 0.3) is 10.8 Å². The monoisotopic (exact) mass is 452 g/mol. The minimum Gasteiger partial charge on any atom is -0.508 e. The molecule has 1 amide bonds. The highest BCUT2D eigenvalue weighted by Gasteiger charge is 2.23. The summed E-state index contributed by atoms with van der Waals surface area (Å²) in [6, 6.07) is 14.7. The Morgan fingerprint density at radius 3 is 2.66 bits per heavy atom. The quantitative estimate of drug-likeness (QED) is 0.313. The number of amides is 1. The summed E-state index contributed by atoms with van der Waals surface area (Å²) in [7, 11) is 0. The van der Waals surface area contributed by atoms with Gasteiger partial charge in [0.1, 0.15) is 11.4 Å². The van der Waals surface area contributed by atoms with Crippen LogP contribution in [0.2, 0.25) is 0 Å². The number of fused-ring (bicyclic) bond motifs is 1. The van der Waals surface area contributed by atoms with E-state index >= 15 is 0 Å². The van der Waals surface area contributed by atoms with E-state index in [1.54, 1.807) is 36.4 Å². The molecule has 1 fully saturated rings. The Bertz CT molecular complexity index is 1210. The highest BCUT2D eigenvalue weighted by atomic mass is 32.1. The predicted octanol–water partition coefficient (Wildman–Crippen LogP) is 3.42. The second-order valence-corrected chi connectivity index (χ2v) is 7.59. The van der Waals surface area contributed by atoms with Crippen LogP contribution in [0.5, 0.6) is 5.75 Å². The Hall–Kier alpha value is -3.76. The topological polar surface area (TPSA) is 117 Å². The number of phenols is 1. The molecule has 3 aromatic carbocycles. The number of rotatable bonds is 4. The van der Waals surface area contributed by atoms with Crippen LogP contribution < -0.4 is 15.5 Å². The van der Waals surface area contributed by atoms with Crippen molar-refractivity contribution in [3.63, 3.8) is 0 Å². The third kappa shape index (κ3) is 4.61. The highest BCUT2D eigenvalue weighted by Crippen LogP contribution is 2.30. The normalized spacial score (nSPS) is 13.6. The largest absolute Gasteiger partial charge is 0.508 e. The molecule has 0 unspecified atom stereocenters. The van der Waals surface area contributed by atoms with Gasteiger partial charge >= 0.3 is 0 Å². The lowest BCUT2D eigenvalue weighted by Gasteiger charge is -2.28. The van der Waals surface area contributed by atoms with Crippen LogP contribution in [0.15, 0.2) is 54.6 Å². The first-order valence-corrected chi connectivity index (χ1v) is 10.3. The standard InChI is InChI=1S/C22H20N4O5S/c27-16-5-6-17-14(12-16)2-1-3-18(17)23-22(32)24-21(28)15-4-7-19(20(13-15)26(29)30)25-8-10-31-11-9-25/h1-7,12-13,27H,8-11H2,(H2,23,24,28,32). The van der Waals surface area contributed by atoms with Crippen LogP contribution in [0.3, 0.4) is 0 Å². The molecule has 4 rings (SSSR count). The predicted molar refractivity (Wildman–Crippen MR) is 125 cm³/mol. The van der Waals surface area contributed by atoms with E-state index in [1.165, 1.54) is 12.1 Å². The average molecular weight is 452 g/mol. The maximum atomic E-state index is 12.7. The summed E-state index contributed by atoms with van der Waals surface area (Å²) < 4.78 is 5.30. The van der Waals surface area contributed by atoms with Crippen LogP contribution in [0.4, 0.5) is 17.1 Å². The molecule has 0 bridgehead atoms. The van der Waals surface area contributed by atoms with Gasteiger partial charge < -0.3 is 20.1 Å².